The van der Waals surface area contributed by atoms with E-state index in [2.05, 4.69) is 6.58 Å². The molecular formula is C14H18O2. The molecule has 86 valence electrons. The molecule has 0 aromatic rings. The highest BCUT2D eigenvalue weighted by Gasteiger charge is 2.48. The molecule has 0 radical (unpaired) electrons. The molecule has 0 aliphatic heterocycles. The Morgan fingerprint density at radius 1 is 1.44 bits per heavy atom. The van der Waals surface area contributed by atoms with Gasteiger partial charge in [-0.3, -0.25) is 0 Å². The van der Waals surface area contributed by atoms with Crippen LogP contribution in [0.5, 0.6) is 0 Å². The van der Waals surface area contributed by atoms with Gasteiger partial charge in [0.25, 0.3) is 0 Å². The second kappa shape index (κ2) is 3.47. The number of ether oxygens (including phenoxy) is 1. The molecule has 3 rings (SSSR count). The molecule has 0 saturated heterocycles. The molecule has 0 heterocycles. The summed E-state index contributed by atoms with van der Waals surface area (Å²) in [5.74, 6) is 1.13. The van der Waals surface area contributed by atoms with Gasteiger partial charge >= 0.3 is 5.97 Å². The van der Waals surface area contributed by atoms with Crippen LogP contribution in [0.2, 0.25) is 0 Å². The van der Waals surface area contributed by atoms with Crippen LogP contribution in [0.15, 0.2) is 23.3 Å². The van der Waals surface area contributed by atoms with Crippen LogP contribution < -0.4 is 0 Å². The fraction of sp³-hybridized carbons (Fsp3) is 0.643. The van der Waals surface area contributed by atoms with Gasteiger partial charge < -0.3 is 4.74 Å². The number of rotatable bonds is 2. The molecule has 0 amide bonds. The van der Waals surface area contributed by atoms with Crippen molar-refractivity contribution in [3.63, 3.8) is 0 Å². The van der Waals surface area contributed by atoms with E-state index in [-0.39, 0.29) is 12.1 Å². The maximum absolute atomic E-state index is 11.5. The van der Waals surface area contributed by atoms with Crippen molar-refractivity contribution in [3.05, 3.63) is 23.3 Å². The zero-order valence-electron chi connectivity index (χ0n) is 9.79. The number of esters is 1. The fourth-order valence-electron chi connectivity index (χ4n) is 3.71. The zero-order valence-corrected chi connectivity index (χ0v) is 9.79. The normalized spacial score (nSPS) is 35.4. The number of carbonyl (C=O) groups excluding carboxylic acids is 1. The van der Waals surface area contributed by atoms with Gasteiger partial charge in [-0.2, -0.15) is 0 Å². The van der Waals surface area contributed by atoms with E-state index in [9.17, 15) is 4.79 Å². The average Bonchev–Trinajstić information content (AvgIpc) is 2.87. The fourth-order valence-corrected chi connectivity index (χ4v) is 3.71. The Bertz CT molecular complexity index is 392. The van der Waals surface area contributed by atoms with Crippen LogP contribution in [0.1, 0.15) is 39.0 Å². The predicted molar refractivity (Wildman–Crippen MR) is 61.8 cm³/mol. The first kappa shape index (κ1) is 10.1. The van der Waals surface area contributed by atoms with Gasteiger partial charge in [0, 0.05) is 17.9 Å². The second-order valence-corrected chi connectivity index (χ2v) is 5.42. The van der Waals surface area contributed by atoms with Crippen LogP contribution in [-0.4, -0.2) is 12.1 Å². The molecule has 2 nitrogen and oxygen atoms in total. The predicted octanol–water partition coefficient (Wildman–Crippen LogP) is 2.99. The first-order valence-electron chi connectivity index (χ1n) is 6.24. The third-order valence-corrected chi connectivity index (χ3v) is 4.39. The highest BCUT2D eigenvalue weighted by molar-refractivity contribution is 5.87. The van der Waals surface area contributed by atoms with Crippen molar-refractivity contribution in [2.75, 3.05) is 0 Å². The summed E-state index contributed by atoms with van der Waals surface area (Å²) in [6, 6.07) is 0. The number of hydrogen-bond donors (Lipinski definition) is 0. The second-order valence-electron chi connectivity index (χ2n) is 5.42. The summed E-state index contributed by atoms with van der Waals surface area (Å²) in [6.07, 6.45) is 6.28. The van der Waals surface area contributed by atoms with Crippen LogP contribution in [0.3, 0.4) is 0 Å². The molecule has 3 unspecified atom stereocenters. The molecule has 3 atom stereocenters. The van der Waals surface area contributed by atoms with Gasteiger partial charge in [0.05, 0.1) is 0 Å². The molecule has 16 heavy (non-hydrogen) atoms. The first-order valence-corrected chi connectivity index (χ1v) is 6.24. The van der Waals surface area contributed by atoms with Crippen LogP contribution in [0, 0.1) is 11.8 Å². The van der Waals surface area contributed by atoms with E-state index in [1.54, 1.807) is 18.1 Å². The van der Waals surface area contributed by atoms with Crippen LogP contribution in [0.4, 0.5) is 0 Å². The number of fused-ring (bicyclic) bond motifs is 4. The quantitative estimate of drug-likeness (QED) is 0.404. The van der Waals surface area contributed by atoms with Crippen molar-refractivity contribution in [2.45, 2.75) is 45.1 Å². The summed E-state index contributed by atoms with van der Waals surface area (Å²) in [5, 5.41) is 0. The molecule has 0 spiro atoms. The summed E-state index contributed by atoms with van der Waals surface area (Å²) >= 11 is 0. The molecule has 2 saturated carbocycles. The van der Waals surface area contributed by atoms with Crippen molar-refractivity contribution < 1.29 is 9.53 Å². The number of hydrogen-bond acceptors (Lipinski definition) is 2. The van der Waals surface area contributed by atoms with Gasteiger partial charge in [0.2, 0.25) is 0 Å². The van der Waals surface area contributed by atoms with Crippen LogP contribution in [0.25, 0.3) is 0 Å². The molecule has 0 aromatic carbocycles. The van der Waals surface area contributed by atoms with E-state index in [0.29, 0.717) is 11.5 Å². The van der Waals surface area contributed by atoms with Gasteiger partial charge in [-0.25, -0.2) is 4.79 Å². The number of allylic oxidation sites excluding steroid dienone is 1. The minimum absolute atomic E-state index is 0.144. The molecular weight excluding hydrogens is 200 g/mol. The summed E-state index contributed by atoms with van der Waals surface area (Å²) in [4.78, 5) is 11.5. The summed E-state index contributed by atoms with van der Waals surface area (Å²) < 4.78 is 5.54. The smallest absolute Gasteiger partial charge is 0.333 e. The van der Waals surface area contributed by atoms with Gasteiger partial charge in [0.1, 0.15) is 6.10 Å². The Hall–Kier alpha value is -1.05. The SMILES string of the molecule is C=C(C)C(=O)OC1CC2=C3CCCC3C1C2. The van der Waals surface area contributed by atoms with Crippen molar-refractivity contribution in [1.82, 2.24) is 0 Å². The summed E-state index contributed by atoms with van der Waals surface area (Å²) in [5.41, 5.74) is 3.84. The van der Waals surface area contributed by atoms with Gasteiger partial charge in [0.15, 0.2) is 0 Å². The lowest BCUT2D eigenvalue weighted by molar-refractivity contribution is -0.146. The van der Waals surface area contributed by atoms with Gasteiger partial charge in [-0.1, -0.05) is 17.7 Å². The van der Waals surface area contributed by atoms with E-state index in [4.69, 9.17) is 4.74 Å². The van der Waals surface area contributed by atoms with Crippen molar-refractivity contribution in [3.8, 4) is 0 Å². The maximum Gasteiger partial charge on any atom is 0.333 e. The van der Waals surface area contributed by atoms with Crippen molar-refractivity contribution in [1.29, 1.82) is 0 Å². The lowest BCUT2D eigenvalue weighted by atomic mass is 9.86. The molecule has 0 aromatic heterocycles. The van der Waals surface area contributed by atoms with E-state index in [0.717, 1.165) is 12.3 Å². The minimum atomic E-state index is -0.210. The van der Waals surface area contributed by atoms with Crippen molar-refractivity contribution >= 4 is 5.97 Å². The standard InChI is InChI=1S/C14H18O2/c1-8(2)14(15)16-13-7-9-6-12(13)11-5-3-4-10(9)11/h11-13H,1,3-7H2,2H3. The average molecular weight is 218 g/mol. The highest BCUT2D eigenvalue weighted by atomic mass is 16.5. The van der Waals surface area contributed by atoms with Gasteiger partial charge in [-0.15, -0.1) is 0 Å². The van der Waals surface area contributed by atoms with Crippen LogP contribution >= 0.6 is 0 Å². The monoisotopic (exact) mass is 218 g/mol. The zero-order chi connectivity index (χ0) is 11.3. The maximum atomic E-state index is 11.5. The summed E-state index contributed by atoms with van der Waals surface area (Å²) in [6.45, 7) is 5.36. The Balaban J connectivity index is 1.74. The van der Waals surface area contributed by atoms with E-state index >= 15 is 0 Å². The Morgan fingerprint density at radius 2 is 2.25 bits per heavy atom. The molecule has 2 heteroatoms. The largest absolute Gasteiger partial charge is 0.458 e. The van der Waals surface area contributed by atoms with Gasteiger partial charge in [-0.05, 0) is 38.5 Å². The van der Waals surface area contributed by atoms with Crippen molar-refractivity contribution in [2.24, 2.45) is 11.8 Å². The highest BCUT2D eigenvalue weighted by Crippen LogP contribution is 2.55. The van der Waals surface area contributed by atoms with E-state index in [1.165, 1.54) is 25.7 Å². The topological polar surface area (TPSA) is 26.3 Å². The molecule has 0 N–H and O–H groups in total. The molecule has 3 aliphatic carbocycles. The number of carbonyl (C=O) groups is 1. The van der Waals surface area contributed by atoms with E-state index < -0.39 is 0 Å². The van der Waals surface area contributed by atoms with E-state index in [1.807, 2.05) is 0 Å². The third kappa shape index (κ3) is 1.35. The summed E-state index contributed by atoms with van der Waals surface area (Å²) in [7, 11) is 0. The van der Waals surface area contributed by atoms with Crippen LogP contribution in [-0.2, 0) is 9.53 Å². The lowest BCUT2D eigenvalue weighted by Gasteiger charge is -2.26. The first-order chi connectivity index (χ1) is 7.66. The lowest BCUT2D eigenvalue weighted by Crippen LogP contribution is -2.28. The minimum Gasteiger partial charge on any atom is -0.458 e. The molecule has 2 fully saturated rings. The molecule has 3 aliphatic rings. The Morgan fingerprint density at radius 3 is 3.00 bits per heavy atom. The Labute approximate surface area is 96.4 Å². The third-order valence-electron chi connectivity index (χ3n) is 4.39. The Kier molecular flexibility index (Phi) is 2.20. The molecule has 2 bridgehead atoms.